The highest BCUT2D eigenvalue weighted by Crippen LogP contribution is 2.24. The lowest BCUT2D eigenvalue weighted by atomic mass is 10.0. The maximum absolute atomic E-state index is 10.5. The standard InChI is InChI=1S/C18H25NO3/c1-5-21-16-9-7-15(8-10-16)14(3)19-12-18(4,20)17-11-6-13(2)22-17/h6-11,14,19-20H,5,12H2,1-4H3. The van der Waals surface area contributed by atoms with Crippen LogP contribution in [-0.4, -0.2) is 18.3 Å². The van der Waals surface area contributed by atoms with Gasteiger partial charge in [0.2, 0.25) is 0 Å². The molecule has 0 saturated carbocycles. The Kier molecular flexibility index (Phi) is 5.27. The molecule has 1 heterocycles. The van der Waals surface area contributed by atoms with E-state index < -0.39 is 5.60 Å². The van der Waals surface area contributed by atoms with Crippen LogP contribution in [-0.2, 0) is 5.60 Å². The van der Waals surface area contributed by atoms with Gasteiger partial charge in [-0.15, -0.1) is 0 Å². The smallest absolute Gasteiger partial charge is 0.136 e. The topological polar surface area (TPSA) is 54.6 Å². The van der Waals surface area contributed by atoms with Crippen molar-refractivity contribution in [3.05, 3.63) is 53.5 Å². The van der Waals surface area contributed by atoms with Crippen LogP contribution in [0.15, 0.2) is 40.8 Å². The van der Waals surface area contributed by atoms with Crippen molar-refractivity contribution in [3.63, 3.8) is 0 Å². The van der Waals surface area contributed by atoms with E-state index in [0.717, 1.165) is 17.1 Å². The fourth-order valence-corrected chi connectivity index (χ4v) is 2.30. The van der Waals surface area contributed by atoms with Crippen molar-refractivity contribution < 1.29 is 14.3 Å². The van der Waals surface area contributed by atoms with Gasteiger partial charge in [0, 0.05) is 12.6 Å². The van der Waals surface area contributed by atoms with Gasteiger partial charge in [0.1, 0.15) is 22.9 Å². The predicted molar refractivity (Wildman–Crippen MR) is 87.0 cm³/mol. The second-order valence-electron chi connectivity index (χ2n) is 5.79. The molecule has 2 unspecified atom stereocenters. The van der Waals surface area contributed by atoms with Crippen LogP contribution in [0, 0.1) is 6.92 Å². The number of aryl methyl sites for hydroxylation is 1. The molecule has 0 fully saturated rings. The Morgan fingerprint density at radius 2 is 1.91 bits per heavy atom. The number of aliphatic hydroxyl groups is 1. The summed E-state index contributed by atoms with van der Waals surface area (Å²) in [5.41, 5.74) is 0.114. The fourth-order valence-electron chi connectivity index (χ4n) is 2.30. The first-order chi connectivity index (χ1) is 10.4. The van der Waals surface area contributed by atoms with Gasteiger partial charge < -0.3 is 19.6 Å². The Morgan fingerprint density at radius 1 is 1.23 bits per heavy atom. The van der Waals surface area contributed by atoms with Gasteiger partial charge >= 0.3 is 0 Å². The van der Waals surface area contributed by atoms with Gasteiger partial charge in [0.25, 0.3) is 0 Å². The molecule has 2 aromatic rings. The Bertz CT molecular complexity index is 587. The zero-order chi connectivity index (χ0) is 16.2. The molecule has 0 aliphatic heterocycles. The van der Waals surface area contributed by atoms with E-state index in [-0.39, 0.29) is 6.04 Å². The Morgan fingerprint density at radius 3 is 2.45 bits per heavy atom. The van der Waals surface area contributed by atoms with Crippen molar-refractivity contribution in [2.24, 2.45) is 0 Å². The zero-order valence-corrected chi connectivity index (χ0v) is 13.7. The zero-order valence-electron chi connectivity index (χ0n) is 13.7. The number of benzene rings is 1. The van der Waals surface area contributed by atoms with Crippen molar-refractivity contribution in [1.29, 1.82) is 0 Å². The Labute approximate surface area is 132 Å². The van der Waals surface area contributed by atoms with Crippen LogP contribution < -0.4 is 10.1 Å². The van der Waals surface area contributed by atoms with Crippen molar-refractivity contribution in [1.82, 2.24) is 5.32 Å². The van der Waals surface area contributed by atoms with Crippen LogP contribution in [0.25, 0.3) is 0 Å². The van der Waals surface area contributed by atoms with Crippen LogP contribution in [0.4, 0.5) is 0 Å². The van der Waals surface area contributed by atoms with E-state index in [1.807, 2.05) is 50.2 Å². The largest absolute Gasteiger partial charge is 0.494 e. The minimum Gasteiger partial charge on any atom is -0.494 e. The summed E-state index contributed by atoms with van der Waals surface area (Å²) in [6, 6.07) is 11.8. The SMILES string of the molecule is CCOc1ccc(C(C)NCC(C)(O)c2ccc(C)o2)cc1. The molecule has 4 heteroatoms. The third kappa shape index (κ3) is 4.12. The highest BCUT2D eigenvalue weighted by Gasteiger charge is 2.27. The van der Waals surface area contributed by atoms with E-state index in [0.29, 0.717) is 18.9 Å². The Balaban J connectivity index is 1.95. The molecule has 1 aromatic carbocycles. The third-order valence-electron chi connectivity index (χ3n) is 3.71. The lowest BCUT2D eigenvalue weighted by molar-refractivity contribution is 0.0313. The lowest BCUT2D eigenvalue weighted by Gasteiger charge is -2.24. The van der Waals surface area contributed by atoms with Crippen LogP contribution in [0.1, 0.15) is 43.9 Å². The number of furan rings is 1. The average molecular weight is 303 g/mol. The maximum atomic E-state index is 10.5. The molecule has 2 atom stereocenters. The number of nitrogens with one attached hydrogen (secondary N) is 1. The average Bonchev–Trinajstić information content (AvgIpc) is 2.93. The molecule has 4 nitrogen and oxygen atoms in total. The van der Waals surface area contributed by atoms with Crippen LogP contribution in [0.5, 0.6) is 5.75 Å². The minimum absolute atomic E-state index is 0.123. The van der Waals surface area contributed by atoms with E-state index in [2.05, 4.69) is 12.2 Å². The van der Waals surface area contributed by atoms with Crippen LogP contribution in [0.3, 0.4) is 0 Å². The molecule has 1 aromatic heterocycles. The first-order valence-corrected chi connectivity index (χ1v) is 7.68. The molecule has 0 aliphatic carbocycles. The summed E-state index contributed by atoms with van der Waals surface area (Å²) in [5, 5.41) is 13.9. The fraction of sp³-hybridized carbons (Fsp3) is 0.444. The lowest BCUT2D eigenvalue weighted by Crippen LogP contribution is -2.36. The van der Waals surface area contributed by atoms with E-state index in [1.54, 1.807) is 6.92 Å². The van der Waals surface area contributed by atoms with E-state index in [1.165, 1.54) is 0 Å². The summed E-state index contributed by atoms with van der Waals surface area (Å²) in [5.74, 6) is 2.25. The summed E-state index contributed by atoms with van der Waals surface area (Å²) in [7, 11) is 0. The van der Waals surface area contributed by atoms with Crippen molar-refractivity contribution in [2.75, 3.05) is 13.2 Å². The number of rotatable bonds is 7. The normalized spacial score (nSPS) is 15.3. The molecule has 0 spiro atoms. The van der Waals surface area contributed by atoms with E-state index in [4.69, 9.17) is 9.15 Å². The predicted octanol–water partition coefficient (Wildman–Crippen LogP) is 3.55. The summed E-state index contributed by atoms with van der Waals surface area (Å²) in [4.78, 5) is 0. The van der Waals surface area contributed by atoms with Crippen LogP contribution >= 0.6 is 0 Å². The molecule has 22 heavy (non-hydrogen) atoms. The molecule has 0 bridgehead atoms. The number of ether oxygens (including phenoxy) is 1. The first-order valence-electron chi connectivity index (χ1n) is 7.68. The summed E-state index contributed by atoms with van der Waals surface area (Å²) in [6.45, 7) is 8.74. The summed E-state index contributed by atoms with van der Waals surface area (Å²) < 4.78 is 11.0. The maximum Gasteiger partial charge on any atom is 0.136 e. The highest BCUT2D eigenvalue weighted by atomic mass is 16.5. The molecular formula is C18H25NO3. The van der Waals surface area contributed by atoms with Gasteiger partial charge in [-0.1, -0.05) is 12.1 Å². The summed E-state index contributed by atoms with van der Waals surface area (Å²) >= 11 is 0. The van der Waals surface area contributed by atoms with Gasteiger partial charge in [0.05, 0.1) is 6.61 Å². The molecule has 0 aliphatic rings. The van der Waals surface area contributed by atoms with Crippen molar-refractivity contribution in [2.45, 2.75) is 39.3 Å². The third-order valence-corrected chi connectivity index (χ3v) is 3.71. The Hall–Kier alpha value is -1.78. The summed E-state index contributed by atoms with van der Waals surface area (Å²) in [6.07, 6.45) is 0. The van der Waals surface area contributed by atoms with Gasteiger partial charge in [-0.25, -0.2) is 0 Å². The van der Waals surface area contributed by atoms with Gasteiger partial charge in [0.15, 0.2) is 0 Å². The van der Waals surface area contributed by atoms with E-state index in [9.17, 15) is 5.11 Å². The second-order valence-corrected chi connectivity index (χ2v) is 5.79. The number of hydrogen-bond acceptors (Lipinski definition) is 4. The van der Waals surface area contributed by atoms with Crippen LogP contribution in [0.2, 0.25) is 0 Å². The van der Waals surface area contributed by atoms with E-state index >= 15 is 0 Å². The molecule has 2 rings (SSSR count). The van der Waals surface area contributed by atoms with Crippen molar-refractivity contribution >= 4 is 0 Å². The van der Waals surface area contributed by atoms with Crippen molar-refractivity contribution in [3.8, 4) is 5.75 Å². The second kappa shape index (κ2) is 6.99. The quantitative estimate of drug-likeness (QED) is 0.821. The minimum atomic E-state index is -1.03. The van der Waals surface area contributed by atoms with Gasteiger partial charge in [-0.05, 0) is 57.5 Å². The molecule has 0 radical (unpaired) electrons. The molecule has 120 valence electrons. The molecule has 0 amide bonds. The molecule has 0 saturated heterocycles. The molecular weight excluding hydrogens is 278 g/mol. The highest BCUT2D eigenvalue weighted by molar-refractivity contribution is 5.29. The van der Waals surface area contributed by atoms with Gasteiger partial charge in [-0.3, -0.25) is 0 Å². The first kappa shape index (κ1) is 16.6. The number of hydrogen-bond donors (Lipinski definition) is 2. The van der Waals surface area contributed by atoms with Gasteiger partial charge in [-0.2, -0.15) is 0 Å². The monoisotopic (exact) mass is 303 g/mol. The molecule has 2 N–H and O–H groups in total.